The first-order valence-corrected chi connectivity index (χ1v) is 20.4. The van der Waals surface area contributed by atoms with Gasteiger partial charge in [-0.25, -0.2) is 29.5 Å². The number of para-hydroxylation sites is 4. The molecule has 0 aliphatic rings. The van der Waals surface area contributed by atoms with Crippen molar-refractivity contribution in [2.45, 2.75) is 0 Å². The van der Waals surface area contributed by atoms with Gasteiger partial charge < -0.3 is 19.7 Å². The number of halogens is 2. The zero-order valence-corrected chi connectivity index (χ0v) is 31.2. The van der Waals surface area contributed by atoms with Crippen molar-refractivity contribution in [1.29, 1.82) is 0 Å². The van der Waals surface area contributed by atoms with Crippen LogP contribution in [0, 0.1) is 0 Å². The molecule has 55 heavy (non-hydrogen) atoms. The molecule has 0 unspecified atom stereocenters. The fraction of sp³-hybridized carbons (Fsp3) is 0. The van der Waals surface area contributed by atoms with Gasteiger partial charge in [0, 0.05) is 33.7 Å². The van der Waals surface area contributed by atoms with Crippen molar-refractivity contribution in [2.75, 3.05) is 0 Å². The fourth-order valence-corrected chi connectivity index (χ4v) is 5.82. The summed E-state index contributed by atoms with van der Waals surface area (Å²) in [6.07, 6.45) is 0. The first kappa shape index (κ1) is 38.3. The monoisotopic (exact) mass is 860 g/mol. The number of fused-ring (bicyclic) bond motifs is 4. The number of ether oxygens (including phenoxy) is 2. The van der Waals surface area contributed by atoms with Crippen LogP contribution in [0.5, 0.6) is 11.5 Å². The molecule has 0 amide bonds. The summed E-state index contributed by atoms with van der Waals surface area (Å²) in [5.41, 5.74) is 4.25. The predicted octanol–water partition coefficient (Wildman–Crippen LogP) is 8.74. The van der Waals surface area contributed by atoms with Crippen LogP contribution in [0.2, 0.25) is 0 Å². The number of nitrogens with zero attached hydrogens (tertiary/aromatic N) is 4. The van der Waals surface area contributed by atoms with E-state index in [0.717, 1.165) is 0 Å². The van der Waals surface area contributed by atoms with Crippen LogP contribution < -0.4 is 9.47 Å². The molecule has 12 nitrogen and oxygen atoms in total. The summed E-state index contributed by atoms with van der Waals surface area (Å²) < 4.78 is 10.2. The van der Waals surface area contributed by atoms with Gasteiger partial charge in [0.1, 0.15) is 11.5 Å². The van der Waals surface area contributed by atoms with Crippen LogP contribution in [0.15, 0.2) is 121 Å². The standard InChI is InChI=1S/2C20H12N2O4.2ClH.Ru/c2*23-11-26-19-10-18(22-16-8-4-2-6-13(16)19)17-9-14(20(24)25)12-5-1-3-7-15(12)21-17;;;/h2*1-11H,(H,24,25);2*1H;/q;;;;+2/p-2. The summed E-state index contributed by atoms with van der Waals surface area (Å²) in [4.78, 5) is 63.2. The van der Waals surface area contributed by atoms with Crippen LogP contribution in [-0.4, -0.2) is 55.0 Å². The zero-order valence-electron chi connectivity index (χ0n) is 27.9. The summed E-state index contributed by atoms with van der Waals surface area (Å²) in [7, 11) is 9.71. The van der Waals surface area contributed by atoms with E-state index in [1.807, 2.05) is 24.3 Å². The van der Waals surface area contributed by atoms with Gasteiger partial charge in [0.2, 0.25) is 0 Å². The number of carboxylic acids is 2. The molecule has 0 radical (unpaired) electrons. The van der Waals surface area contributed by atoms with Crippen LogP contribution >= 0.6 is 19.4 Å². The summed E-state index contributed by atoms with van der Waals surface area (Å²) in [5, 5.41) is 21.6. The van der Waals surface area contributed by atoms with E-state index in [9.17, 15) is 29.4 Å². The number of rotatable bonds is 8. The molecule has 0 saturated heterocycles. The Balaban J connectivity index is 0.000000175. The topological polar surface area (TPSA) is 179 Å². The summed E-state index contributed by atoms with van der Waals surface area (Å²) in [6, 6.07) is 34.6. The quantitative estimate of drug-likeness (QED) is 0.110. The fourth-order valence-electron chi connectivity index (χ4n) is 5.82. The van der Waals surface area contributed by atoms with Crippen molar-refractivity contribution in [3.63, 3.8) is 0 Å². The molecule has 4 aromatic heterocycles. The second-order valence-corrected chi connectivity index (χ2v) is 13.9. The molecule has 0 aliphatic carbocycles. The Kier molecular flexibility index (Phi) is 12.3. The molecule has 0 bridgehead atoms. The average molecular weight is 861 g/mol. The third kappa shape index (κ3) is 8.55. The van der Waals surface area contributed by atoms with E-state index in [4.69, 9.17) is 28.9 Å². The molecule has 8 aromatic rings. The van der Waals surface area contributed by atoms with Crippen LogP contribution in [0.3, 0.4) is 0 Å². The number of benzene rings is 4. The van der Waals surface area contributed by atoms with Gasteiger partial charge in [-0.2, -0.15) is 0 Å². The van der Waals surface area contributed by atoms with E-state index in [1.165, 1.54) is 12.1 Å². The minimum atomic E-state index is -1.05. The maximum atomic E-state index is 11.7. The SMILES string of the molecule is O=COc1cc(-c2cc(C(=O)O)c3ccccc3n2)nc2ccccc12.O=COc1cc(-c2cc(C(=O)O)c3ccccc3n2)nc2ccccc12.[Cl][Ru][Cl]. The Labute approximate surface area is 327 Å². The van der Waals surface area contributed by atoms with E-state index in [1.54, 1.807) is 84.9 Å². The van der Waals surface area contributed by atoms with Crippen LogP contribution in [0.4, 0.5) is 0 Å². The first-order chi connectivity index (χ1) is 26.8. The Morgan fingerprint density at radius 1 is 0.491 bits per heavy atom. The van der Waals surface area contributed by atoms with Crippen molar-refractivity contribution in [2.24, 2.45) is 0 Å². The van der Waals surface area contributed by atoms with Gasteiger partial charge >= 0.3 is 46.5 Å². The Morgan fingerprint density at radius 3 is 1.07 bits per heavy atom. The van der Waals surface area contributed by atoms with Gasteiger partial charge in [-0.15, -0.1) is 0 Å². The van der Waals surface area contributed by atoms with Crippen molar-refractivity contribution in [3.8, 4) is 34.3 Å². The second kappa shape index (κ2) is 17.6. The van der Waals surface area contributed by atoms with Crippen molar-refractivity contribution < 1.29 is 54.0 Å². The van der Waals surface area contributed by atoms with Crippen molar-refractivity contribution in [1.82, 2.24) is 19.9 Å². The number of aromatic nitrogens is 4. The van der Waals surface area contributed by atoms with Crippen LogP contribution in [-0.2, 0) is 24.7 Å². The molecule has 274 valence electrons. The number of carboxylic acid groups (broad SMARTS) is 2. The molecule has 0 aliphatic heterocycles. The third-order valence-corrected chi connectivity index (χ3v) is 8.12. The van der Waals surface area contributed by atoms with Crippen LogP contribution in [0.25, 0.3) is 66.4 Å². The molecular weight excluding hydrogens is 836 g/mol. The first-order valence-electron chi connectivity index (χ1n) is 15.9. The van der Waals surface area contributed by atoms with Gasteiger partial charge in [0.15, 0.2) is 0 Å². The minimum absolute atomic E-state index is 0.137. The Hall–Kier alpha value is -6.40. The molecular formula is C40H24Cl2N4O8Ru. The van der Waals surface area contributed by atoms with E-state index in [2.05, 4.69) is 19.9 Å². The zero-order chi connectivity index (χ0) is 38.9. The molecule has 2 N–H and O–H groups in total. The molecule has 0 atom stereocenters. The Morgan fingerprint density at radius 2 is 0.764 bits per heavy atom. The third-order valence-electron chi connectivity index (χ3n) is 8.12. The van der Waals surface area contributed by atoms with E-state index >= 15 is 0 Å². The number of hydrogen-bond donors (Lipinski definition) is 2. The number of carbonyl (C=O) groups excluding carboxylic acids is 2. The van der Waals surface area contributed by atoms with Gasteiger partial charge in [0.25, 0.3) is 12.9 Å². The summed E-state index contributed by atoms with van der Waals surface area (Å²) in [5.74, 6) is -1.41. The van der Waals surface area contributed by atoms with Crippen LogP contribution in [0.1, 0.15) is 20.7 Å². The van der Waals surface area contributed by atoms with Crippen molar-refractivity contribution in [3.05, 3.63) is 132 Å². The van der Waals surface area contributed by atoms with Gasteiger partial charge in [0.05, 0.1) is 56.0 Å². The molecule has 4 heterocycles. The normalized spacial score (nSPS) is 10.6. The number of aromatic carboxylic acids is 2. The second-order valence-electron chi connectivity index (χ2n) is 11.3. The molecule has 0 spiro atoms. The number of pyridine rings is 4. The molecule has 0 fully saturated rings. The Bertz CT molecular complexity index is 2570. The van der Waals surface area contributed by atoms with Gasteiger partial charge in [-0.3, -0.25) is 9.59 Å². The van der Waals surface area contributed by atoms with E-state index < -0.39 is 11.9 Å². The van der Waals surface area contributed by atoms with E-state index in [-0.39, 0.29) is 26.3 Å². The summed E-state index contributed by atoms with van der Waals surface area (Å²) >= 11 is -0.346. The van der Waals surface area contributed by atoms with Gasteiger partial charge in [-0.1, -0.05) is 60.7 Å². The van der Waals surface area contributed by atoms with Gasteiger partial charge in [-0.05, 0) is 48.5 Å². The summed E-state index contributed by atoms with van der Waals surface area (Å²) in [6.45, 7) is 0.699. The average Bonchev–Trinajstić information content (AvgIpc) is 3.20. The molecule has 8 rings (SSSR count). The number of hydrogen-bond acceptors (Lipinski definition) is 10. The molecule has 15 heteroatoms. The van der Waals surface area contributed by atoms with E-state index in [0.29, 0.717) is 90.8 Å². The maximum absolute atomic E-state index is 11.7. The predicted molar refractivity (Wildman–Crippen MR) is 204 cm³/mol. The molecule has 4 aromatic carbocycles. The van der Waals surface area contributed by atoms with Crippen molar-refractivity contribution >= 4 is 87.9 Å². The number of carbonyl (C=O) groups is 4. The molecule has 0 saturated carbocycles.